The molecule has 1 aromatic rings. The molecule has 1 nitrogen and oxygen atoms in total. The number of hydrogen-bond donors (Lipinski definition) is 1. The third-order valence-electron chi connectivity index (χ3n) is 1.73. The fraction of sp³-hybridized carbons (Fsp3) is 0.400. The zero-order chi connectivity index (χ0) is 10.4. The van der Waals surface area contributed by atoms with E-state index in [1.165, 1.54) is 12.1 Å². The molecule has 0 heterocycles. The van der Waals surface area contributed by atoms with Crippen molar-refractivity contribution in [1.29, 1.82) is 0 Å². The van der Waals surface area contributed by atoms with Gasteiger partial charge in [-0.3, -0.25) is 0 Å². The van der Waals surface area contributed by atoms with Crippen LogP contribution >= 0.6 is 12.6 Å². The SMILES string of the molecule is Fc1cccc(OCCCCS)c1F. The van der Waals surface area contributed by atoms with Crippen LogP contribution in [0.15, 0.2) is 18.2 Å². The van der Waals surface area contributed by atoms with Gasteiger partial charge in [0.2, 0.25) is 5.82 Å². The lowest BCUT2D eigenvalue weighted by molar-refractivity contribution is 0.289. The smallest absolute Gasteiger partial charge is 0.200 e. The molecule has 0 aliphatic carbocycles. The van der Waals surface area contributed by atoms with E-state index in [0.717, 1.165) is 24.7 Å². The van der Waals surface area contributed by atoms with Crippen LogP contribution in [0.4, 0.5) is 8.78 Å². The Labute approximate surface area is 87.5 Å². The Bertz CT molecular complexity index is 291. The van der Waals surface area contributed by atoms with Crippen molar-refractivity contribution in [1.82, 2.24) is 0 Å². The molecule has 0 amide bonds. The lowest BCUT2D eigenvalue weighted by atomic mass is 10.3. The Morgan fingerprint density at radius 3 is 2.71 bits per heavy atom. The Morgan fingerprint density at radius 1 is 1.21 bits per heavy atom. The molecule has 1 rings (SSSR count). The summed E-state index contributed by atoms with van der Waals surface area (Å²) in [7, 11) is 0. The van der Waals surface area contributed by atoms with Gasteiger partial charge in [0.05, 0.1) is 6.61 Å². The maximum Gasteiger partial charge on any atom is 0.200 e. The molecule has 0 bridgehead atoms. The number of benzene rings is 1. The summed E-state index contributed by atoms with van der Waals surface area (Å²) < 4.78 is 30.8. The van der Waals surface area contributed by atoms with Crippen LogP contribution in [0.2, 0.25) is 0 Å². The highest BCUT2D eigenvalue weighted by atomic mass is 32.1. The molecule has 0 atom stereocenters. The van der Waals surface area contributed by atoms with Gasteiger partial charge in [-0.25, -0.2) is 4.39 Å². The normalized spacial score (nSPS) is 10.2. The molecule has 0 fully saturated rings. The minimum absolute atomic E-state index is 0.0239. The van der Waals surface area contributed by atoms with Crippen LogP contribution in [-0.2, 0) is 0 Å². The number of rotatable bonds is 5. The first-order valence-electron chi connectivity index (χ1n) is 4.43. The van der Waals surface area contributed by atoms with Gasteiger partial charge < -0.3 is 4.74 Å². The first kappa shape index (κ1) is 11.3. The van der Waals surface area contributed by atoms with Gasteiger partial charge >= 0.3 is 0 Å². The predicted octanol–water partition coefficient (Wildman–Crippen LogP) is 3.05. The molecule has 0 unspecified atom stereocenters. The second-order valence-electron chi connectivity index (χ2n) is 2.83. The van der Waals surface area contributed by atoms with E-state index < -0.39 is 11.6 Å². The van der Waals surface area contributed by atoms with Gasteiger partial charge in [0.25, 0.3) is 0 Å². The molecule has 0 spiro atoms. The van der Waals surface area contributed by atoms with Gasteiger partial charge in [-0.1, -0.05) is 6.07 Å². The fourth-order valence-electron chi connectivity index (χ4n) is 0.991. The van der Waals surface area contributed by atoms with Crippen molar-refractivity contribution in [3.63, 3.8) is 0 Å². The lowest BCUT2D eigenvalue weighted by Gasteiger charge is -2.06. The van der Waals surface area contributed by atoms with Crippen LogP contribution in [0.3, 0.4) is 0 Å². The van der Waals surface area contributed by atoms with E-state index in [4.69, 9.17) is 4.74 Å². The van der Waals surface area contributed by atoms with Crippen molar-refractivity contribution >= 4 is 12.6 Å². The standard InChI is InChI=1S/C10H12F2OS/c11-8-4-3-5-9(10(8)12)13-6-1-2-7-14/h3-5,14H,1-2,6-7H2. The highest BCUT2D eigenvalue weighted by molar-refractivity contribution is 7.80. The van der Waals surface area contributed by atoms with Crippen LogP contribution in [0, 0.1) is 11.6 Å². The summed E-state index contributed by atoms with van der Waals surface area (Å²) in [6, 6.07) is 3.90. The zero-order valence-electron chi connectivity index (χ0n) is 7.67. The Balaban J connectivity index is 2.46. The molecule has 0 aliphatic rings. The number of ether oxygens (including phenoxy) is 1. The van der Waals surface area contributed by atoms with Crippen molar-refractivity contribution < 1.29 is 13.5 Å². The molecule has 4 heteroatoms. The largest absolute Gasteiger partial charge is 0.490 e. The van der Waals surface area contributed by atoms with Crippen molar-refractivity contribution in [3.05, 3.63) is 29.8 Å². The molecule has 0 saturated carbocycles. The van der Waals surface area contributed by atoms with E-state index in [1.54, 1.807) is 0 Å². The maximum atomic E-state index is 13.0. The van der Waals surface area contributed by atoms with Crippen LogP contribution in [0.1, 0.15) is 12.8 Å². The molecule has 1 aromatic carbocycles. The predicted molar refractivity (Wildman–Crippen MR) is 54.9 cm³/mol. The molecule has 14 heavy (non-hydrogen) atoms. The zero-order valence-corrected chi connectivity index (χ0v) is 8.57. The van der Waals surface area contributed by atoms with Gasteiger partial charge in [-0.05, 0) is 30.7 Å². The average molecular weight is 218 g/mol. The van der Waals surface area contributed by atoms with Crippen molar-refractivity contribution in [3.8, 4) is 5.75 Å². The Hall–Kier alpha value is -0.770. The number of halogens is 2. The second kappa shape index (κ2) is 5.86. The minimum Gasteiger partial charge on any atom is -0.490 e. The summed E-state index contributed by atoms with van der Waals surface area (Å²) in [5.41, 5.74) is 0. The van der Waals surface area contributed by atoms with Crippen LogP contribution in [0.5, 0.6) is 5.75 Å². The van der Waals surface area contributed by atoms with Gasteiger partial charge in [-0.2, -0.15) is 17.0 Å². The van der Waals surface area contributed by atoms with Crippen molar-refractivity contribution in [2.75, 3.05) is 12.4 Å². The quantitative estimate of drug-likeness (QED) is 0.590. The molecule has 0 aliphatic heterocycles. The Kier molecular flexibility index (Phi) is 4.73. The highest BCUT2D eigenvalue weighted by Gasteiger charge is 2.07. The molecule has 78 valence electrons. The second-order valence-corrected chi connectivity index (χ2v) is 3.28. The van der Waals surface area contributed by atoms with E-state index >= 15 is 0 Å². The van der Waals surface area contributed by atoms with Gasteiger partial charge in [0.1, 0.15) is 0 Å². The fourth-order valence-corrected chi connectivity index (χ4v) is 1.22. The van der Waals surface area contributed by atoms with Crippen LogP contribution in [-0.4, -0.2) is 12.4 Å². The van der Waals surface area contributed by atoms with E-state index in [-0.39, 0.29) is 5.75 Å². The first-order valence-corrected chi connectivity index (χ1v) is 5.06. The lowest BCUT2D eigenvalue weighted by Crippen LogP contribution is -2.00. The minimum atomic E-state index is -0.918. The summed E-state index contributed by atoms with van der Waals surface area (Å²) in [6.07, 6.45) is 1.69. The third-order valence-corrected chi connectivity index (χ3v) is 2.04. The summed E-state index contributed by atoms with van der Waals surface area (Å²) in [5, 5.41) is 0. The number of hydrogen-bond acceptors (Lipinski definition) is 2. The van der Waals surface area contributed by atoms with E-state index in [0.29, 0.717) is 6.61 Å². The summed E-state index contributed by atoms with van der Waals surface area (Å²) in [4.78, 5) is 0. The van der Waals surface area contributed by atoms with Gasteiger partial charge in [0.15, 0.2) is 11.6 Å². The molecule has 0 radical (unpaired) electrons. The first-order chi connectivity index (χ1) is 6.75. The van der Waals surface area contributed by atoms with Gasteiger partial charge in [0, 0.05) is 0 Å². The van der Waals surface area contributed by atoms with Gasteiger partial charge in [-0.15, -0.1) is 0 Å². The molecular weight excluding hydrogens is 206 g/mol. The van der Waals surface area contributed by atoms with Crippen LogP contribution < -0.4 is 4.74 Å². The Morgan fingerprint density at radius 2 is 2.00 bits per heavy atom. The third kappa shape index (κ3) is 3.18. The summed E-state index contributed by atoms with van der Waals surface area (Å²) >= 11 is 4.03. The average Bonchev–Trinajstić information content (AvgIpc) is 2.19. The maximum absolute atomic E-state index is 13.0. The monoisotopic (exact) mass is 218 g/mol. The van der Waals surface area contributed by atoms with E-state index in [1.807, 2.05) is 0 Å². The molecular formula is C10H12F2OS. The van der Waals surface area contributed by atoms with Crippen molar-refractivity contribution in [2.24, 2.45) is 0 Å². The summed E-state index contributed by atoms with van der Waals surface area (Å²) in [5.74, 6) is -1.05. The molecule has 0 aromatic heterocycles. The number of thiol groups is 1. The molecule has 0 N–H and O–H groups in total. The van der Waals surface area contributed by atoms with Crippen molar-refractivity contribution in [2.45, 2.75) is 12.8 Å². The van der Waals surface area contributed by atoms with Crippen LogP contribution in [0.25, 0.3) is 0 Å². The topological polar surface area (TPSA) is 9.23 Å². The number of unbranched alkanes of at least 4 members (excludes halogenated alkanes) is 1. The molecule has 0 saturated heterocycles. The van der Waals surface area contributed by atoms with E-state index in [9.17, 15) is 8.78 Å². The summed E-state index contributed by atoms with van der Waals surface area (Å²) in [6.45, 7) is 0.390. The highest BCUT2D eigenvalue weighted by Crippen LogP contribution is 2.19. The van der Waals surface area contributed by atoms with E-state index in [2.05, 4.69) is 12.6 Å².